The minimum Gasteiger partial charge on any atom is -0.352 e. The van der Waals surface area contributed by atoms with E-state index in [9.17, 15) is 4.79 Å². The van der Waals surface area contributed by atoms with Crippen molar-refractivity contribution in [2.45, 2.75) is 6.10 Å². The molecule has 0 radical (unpaired) electrons. The van der Waals surface area contributed by atoms with Gasteiger partial charge in [0.05, 0.1) is 6.61 Å². The predicted octanol–water partition coefficient (Wildman–Crippen LogP) is 3.21. The van der Waals surface area contributed by atoms with E-state index in [0.29, 0.717) is 19.0 Å². The third-order valence-corrected chi connectivity index (χ3v) is 3.28. The number of rotatable bonds is 3. The first-order valence-corrected chi connectivity index (χ1v) is 6.22. The fourth-order valence-corrected chi connectivity index (χ4v) is 2.17. The Labute approximate surface area is 111 Å². The van der Waals surface area contributed by atoms with Crippen LogP contribution in [-0.2, 0) is 9.47 Å². The van der Waals surface area contributed by atoms with Crippen molar-refractivity contribution in [3.8, 4) is 11.1 Å². The van der Waals surface area contributed by atoms with Crippen LogP contribution in [0.15, 0.2) is 48.5 Å². The van der Waals surface area contributed by atoms with Crippen molar-refractivity contribution in [2.24, 2.45) is 0 Å². The van der Waals surface area contributed by atoms with Crippen molar-refractivity contribution >= 4 is 6.29 Å². The van der Waals surface area contributed by atoms with Gasteiger partial charge in [-0.15, -0.1) is 0 Å². The van der Waals surface area contributed by atoms with E-state index in [1.165, 1.54) is 0 Å². The zero-order chi connectivity index (χ0) is 13.1. The highest BCUT2D eigenvalue weighted by molar-refractivity contribution is 5.76. The van der Waals surface area contributed by atoms with Gasteiger partial charge in [-0.2, -0.15) is 0 Å². The maximum absolute atomic E-state index is 10.6. The second kappa shape index (κ2) is 5.34. The van der Waals surface area contributed by atoms with Gasteiger partial charge in [-0.3, -0.25) is 4.79 Å². The lowest BCUT2D eigenvalue weighted by molar-refractivity contribution is 0.0466. The fourth-order valence-electron chi connectivity index (χ4n) is 2.17. The summed E-state index contributed by atoms with van der Waals surface area (Å²) in [5, 5.41) is 0. The van der Waals surface area contributed by atoms with Crippen LogP contribution in [0.1, 0.15) is 22.0 Å². The van der Waals surface area contributed by atoms with E-state index in [1.54, 1.807) is 0 Å². The summed E-state index contributed by atoms with van der Waals surface area (Å²) in [7, 11) is 0. The van der Waals surface area contributed by atoms with E-state index in [-0.39, 0.29) is 6.10 Å². The summed E-state index contributed by atoms with van der Waals surface area (Å²) in [6.07, 6.45) is 0.899. The normalized spacial score (nSPS) is 18.4. The highest BCUT2D eigenvalue weighted by atomic mass is 16.7. The van der Waals surface area contributed by atoms with Crippen LogP contribution in [0.4, 0.5) is 0 Å². The highest BCUT2D eigenvalue weighted by Gasteiger charge is 2.17. The Hall–Kier alpha value is -1.97. The molecule has 1 atom stereocenters. The Bertz CT molecular complexity index is 552. The maximum Gasteiger partial charge on any atom is 0.150 e. The SMILES string of the molecule is O=Cc1ccc(-c2ccc(C3COCO3)cc2)cc1. The Morgan fingerprint density at radius 2 is 1.58 bits per heavy atom. The Kier molecular flexibility index (Phi) is 3.40. The average molecular weight is 254 g/mol. The van der Waals surface area contributed by atoms with Gasteiger partial charge in [-0.1, -0.05) is 48.5 Å². The van der Waals surface area contributed by atoms with Gasteiger partial charge in [0.2, 0.25) is 0 Å². The van der Waals surface area contributed by atoms with E-state index in [2.05, 4.69) is 24.3 Å². The smallest absolute Gasteiger partial charge is 0.150 e. The van der Waals surface area contributed by atoms with Crippen LogP contribution in [0, 0.1) is 0 Å². The topological polar surface area (TPSA) is 35.5 Å². The summed E-state index contributed by atoms with van der Waals surface area (Å²) in [6.45, 7) is 0.993. The Morgan fingerprint density at radius 3 is 2.11 bits per heavy atom. The molecule has 19 heavy (non-hydrogen) atoms. The molecule has 96 valence electrons. The second-order valence-corrected chi connectivity index (χ2v) is 4.51. The summed E-state index contributed by atoms with van der Waals surface area (Å²) in [4.78, 5) is 10.6. The van der Waals surface area contributed by atoms with E-state index in [0.717, 1.165) is 23.0 Å². The van der Waals surface area contributed by atoms with Gasteiger partial charge < -0.3 is 9.47 Å². The van der Waals surface area contributed by atoms with Crippen molar-refractivity contribution in [3.05, 3.63) is 59.7 Å². The molecule has 0 aliphatic carbocycles. The van der Waals surface area contributed by atoms with E-state index in [1.807, 2.05) is 24.3 Å². The second-order valence-electron chi connectivity index (χ2n) is 4.51. The molecule has 1 unspecified atom stereocenters. The van der Waals surface area contributed by atoms with Crippen molar-refractivity contribution < 1.29 is 14.3 Å². The number of hydrogen-bond donors (Lipinski definition) is 0. The lowest BCUT2D eigenvalue weighted by Gasteiger charge is -2.09. The van der Waals surface area contributed by atoms with Gasteiger partial charge in [0.1, 0.15) is 19.2 Å². The standard InChI is InChI=1S/C16H14O3/c17-9-12-1-3-13(4-2-12)14-5-7-15(8-6-14)16-10-18-11-19-16/h1-9,16H,10-11H2. The van der Waals surface area contributed by atoms with Crippen LogP contribution in [0.2, 0.25) is 0 Å². The van der Waals surface area contributed by atoms with Crippen LogP contribution >= 0.6 is 0 Å². The monoisotopic (exact) mass is 254 g/mol. The first-order valence-electron chi connectivity index (χ1n) is 6.22. The van der Waals surface area contributed by atoms with Crippen molar-refractivity contribution in [2.75, 3.05) is 13.4 Å². The molecule has 1 aliphatic heterocycles. The Morgan fingerprint density at radius 1 is 0.947 bits per heavy atom. The molecule has 2 aromatic rings. The molecule has 0 bridgehead atoms. The van der Waals surface area contributed by atoms with Gasteiger partial charge in [-0.05, 0) is 16.7 Å². The molecular weight excluding hydrogens is 240 g/mol. The molecule has 2 aromatic carbocycles. The molecule has 3 heteroatoms. The molecule has 0 aromatic heterocycles. The minimum absolute atomic E-state index is 0.0477. The lowest BCUT2D eigenvalue weighted by Crippen LogP contribution is -1.98. The average Bonchev–Trinajstić information content (AvgIpc) is 3.02. The van der Waals surface area contributed by atoms with Crippen molar-refractivity contribution in [1.82, 2.24) is 0 Å². The van der Waals surface area contributed by atoms with Crippen LogP contribution in [0.3, 0.4) is 0 Å². The number of carbonyl (C=O) groups is 1. The lowest BCUT2D eigenvalue weighted by atomic mass is 10.0. The third-order valence-electron chi connectivity index (χ3n) is 3.28. The fraction of sp³-hybridized carbons (Fsp3) is 0.188. The number of aldehydes is 1. The van der Waals surface area contributed by atoms with Gasteiger partial charge in [0.15, 0.2) is 0 Å². The molecule has 0 N–H and O–H groups in total. The molecule has 0 saturated carbocycles. The number of hydrogen-bond acceptors (Lipinski definition) is 3. The van der Waals surface area contributed by atoms with Crippen molar-refractivity contribution in [3.63, 3.8) is 0 Å². The molecule has 1 saturated heterocycles. The molecule has 1 aliphatic rings. The van der Waals surface area contributed by atoms with Gasteiger partial charge in [0, 0.05) is 5.56 Å². The van der Waals surface area contributed by atoms with E-state index < -0.39 is 0 Å². The molecular formula is C16H14O3. The molecule has 1 heterocycles. The summed E-state index contributed by atoms with van der Waals surface area (Å²) < 4.78 is 10.7. The van der Waals surface area contributed by atoms with Crippen LogP contribution in [0.5, 0.6) is 0 Å². The van der Waals surface area contributed by atoms with E-state index >= 15 is 0 Å². The molecule has 3 nitrogen and oxygen atoms in total. The summed E-state index contributed by atoms with van der Waals surface area (Å²) in [6, 6.07) is 15.8. The molecule has 3 rings (SSSR count). The first-order chi connectivity index (χ1) is 9.36. The van der Waals surface area contributed by atoms with Crippen LogP contribution in [-0.4, -0.2) is 19.7 Å². The van der Waals surface area contributed by atoms with Crippen LogP contribution < -0.4 is 0 Å². The maximum atomic E-state index is 10.6. The van der Waals surface area contributed by atoms with Crippen LogP contribution in [0.25, 0.3) is 11.1 Å². The molecule has 0 amide bonds. The van der Waals surface area contributed by atoms with Gasteiger partial charge in [-0.25, -0.2) is 0 Å². The van der Waals surface area contributed by atoms with Gasteiger partial charge >= 0.3 is 0 Å². The summed E-state index contributed by atoms with van der Waals surface area (Å²) >= 11 is 0. The number of benzene rings is 2. The Balaban J connectivity index is 1.82. The predicted molar refractivity (Wildman–Crippen MR) is 71.9 cm³/mol. The quantitative estimate of drug-likeness (QED) is 0.789. The number of ether oxygens (including phenoxy) is 2. The van der Waals surface area contributed by atoms with Crippen molar-refractivity contribution in [1.29, 1.82) is 0 Å². The first kappa shape index (κ1) is 12.1. The highest BCUT2D eigenvalue weighted by Crippen LogP contribution is 2.26. The summed E-state index contributed by atoms with van der Waals surface area (Å²) in [5.74, 6) is 0. The summed E-state index contributed by atoms with van der Waals surface area (Å²) in [5.41, 5.74) is 4.04. The minimum atomic E-state index is 0.0477. The largest absolute Gasteiger partial charge is 0.352 e. The van der Waals surface area contributed by atoms with Gasteiger partial charge in [0.25, 0.3) is 0 Å². The molecule has 1 fully saturated rings. The third kappa shape index (κ3) is 2.57. The zero-order valence-corrected chi connectivity index (χ0v) is 10.4. The number of carbonyl (C=O) groups excluding carboxylic acids is 1. The molecule has 0 spiro atoms. The zero-order valence-electron chi connectivity index (χ0n) is 10.4. The van der Waals surface area contributed by atoms with E-state index in [4.69, 9.17) is 9.47 Å².